The van der Waals surface area contributed by atoms with E-state index in [1.807, 2.05) is 36.4 Å². The number of hydrogen-bond acceptors (Lipinski definition) is 3. The van der Waals surface area contributed by atoms with Gasteiger partial charge in [-0.15, -0.1) is 0 Å². The summed E-state index contributed by atoms with van der Waals surface area (Å²) in [5, 5.41) is 2.50. The zero-order valence-electron chi connectivity index (χ0n) is 29.8. The molecule has 4 heteroatoms. The van der Waals surface area contributed by atoms with E-state index in [1.165, 1.54) is 66.3 Å². The smallest absolute Gasteiger partial charge is 0.164 e. The van der Waals surface area contributed by atoms with Crippen LogP contribution < -0.4 is 0 Å². The van der Waals surface area contributed by atoms with E-state index in [9.17, 15) is 0 Å². The highest BCUT2D eigenvalue weighted by Crippen LogP contribution is 2.55. The van der Waals surface area contributed by atoms with Crippen molar-refractivity contribution in [2.24, 2.45) is 0 Å². The first-order valence-electron chi connectivity index (χ1n) is 18.6. The van der Waals surface area contributed by atoms with Crippen LogP contribution >= 0.6 is 0 Å². The number of nitrogens with zero attached hydrogens (tertiary/aromatic N) is 4. The van der Waals surface area contributed by atoms with Gasteiger partial charge in [0, 0.05) is 38.7 Å². The molecule has 0 aliphatic heterocycles. The number of hydrogen-bond donors (Lipinski definition) is 0. The molecule has 0 radical (unpaired) electrons. The third-order valence-corrected chi connectivity index (χ3v) is 10.8. The largest absolute Gasteiger partial charge is 0.309 e. The normalized spacial score (nSPS) is 11.6. The summed E-state index contributed by atoms with van der Waals surface area (Å²) in [6.45, 7) is 0. The molecule has 256 valence electrons. The SMILES string of the molecule is c1ccc(-c2ccc3c(c2)c2ccccc2n3-c2ccc(-c3cccc4c3-c3c(-c5nc(-c6ccccc6)nc(-c6ccccc6)n5)cccc3-4)cc2)cc1. The maximum absolute atomic E-state index is 5.10. The van der Waals surface area contributed by atoms with Crippen LogP contribution in [0.3, 0.4) is 0 Å². The predicted molar refractivity (Wildman–Crippen MR) is 226 cm³/mol. The zero-order valence-corrected chi connectivity index (χ0v) is 29.8. The second kappa shape index (κ2) is 12.6. The van der Waals surface area contributed by atoms with Gasteiger partial charge in [0.25, 0.3) is 0 Å². The van der Waals surface area contributed by atoms with E-state index in [4.69, 9.17) is 15.0 Å². The quantitative estimate of drug-likeness (QED) is 0.173. The van der Waals surface area contributed by atoms with Crippen LogP contribution in [0.15, 0.2) is 194 Å². The van der Waals surface area contributed by atoms with Crippen LogP contribution in [0.4, 0.5) is 0 Å². The molecule has 55 heavy (non-hydrogen) atoms. The Morgan fingerprint density at radius 1 is 0.291 bits per heavy atom. The van der Waals surface area contributed by atoms with Crippen molar-refractivity contribution < 1.29 is 0 Å². The lowest BCUT2D eigenvalue weighted by molar-refractivity contribution is 1.07. The Morgan fingerprint density at radius 2 is 0.782 bits per heavy atom. The Kier molecular flexibility index (Phi) is 7.14. The predicted octanol–water partition coefficient (Wildman–Crippen LogP) is 13.0. The second-order valence-electron chi connectivity index (χ2n) is 14.0. The zero-order chi connectivity index (χ0) is 36.3. The molecule has 2 aromatic heterocycles. The Morgan fingerprint density at radius 3 is 1.44 bits per heavy atom. The molecule has 0 saturated carbocycles. The van der Waals surface area contributed by atoms with Crippen LogP contribution in [0.5, 0.6) is 0 Å². The van der Waals surface area contributed by atoms with Gasteiger partial charge in [-0.05, 0) is 69.3 Å². The number of para-hydroxylation sites is 1. The van der Waals surface area contributed by atoms with Gasteiger partial charge in [0.05, 0.1) is 11.0 Å². The minimum Gasteiger partial charge on any atom is -0.309 e. The summed E-state index contributed by atoms with van der Waals surface area (Å²) in [4.78, 5) is 15.1. The molecule has 10 aromatic rings. The van der Waals surface area contributed by atoms with Crippen LogP contribution in [0.2, 0.25) is 0 Å². The molecule has 0 saturated heterocycles. The van der Waals surface area contributed by atoms with Gasteiger partial charge in [0.15, 0.2) is 17.5 Å². The summed E-state index contributed by atoms with van der Waals surface area (Å²) in [6.07, 6.45) is 0. The summed E-state index contributed by atoms with van der Waals surface area (Å²) in [5.74, 6) is 1.99. The van der Waals surface area contributed by atoms with E-state index >= 15 is 0 Å². The molecule has 2 heterocycles. The average Bonchev–Trinajstić information content (AvgIpc) is 3.59. The van der Waals surface area contributed by atoms with E-state index in [1.54, 1.807) is 0 Å². The molecule has 0 N–H and O–H groups in total. The highest BCUT2D eigenvalue weighted by atomic mass is 15.0. The van der Waals surface area contributed by atoms with Gasteiger partial charge >= 0.3 is 0 Å². The van der Waals surface area contributed by atoms with Crippen molar-refractivity contribution in [2.45, 2.75) is 0 Å². The standard InChI is InChI=1S/C51H32N4/c1-4-14-33(15-5-1)37-28-31-46-44(32-37)40-20-10-11-25-45(40)55(46)38-29-26-34(27-30-38)39-21-12-22-41-42-23-13-24-43(48(42)47(39)41)51-53-49(35-16-6-2-7-17-35)52-50(54-51)36-18-8-3-9-19-36/h1-32H. The fraction of sp³-hybridized carbons (Fsp3) is 0. The van der Waals surface area contributed by atoms with Crippen LogP contribution in [0.25, 0.3) is 106 Å². The van der Waals surface area contributed by atoms with Crippen LogP contribution in [-0.4, -0.2) is 19.5 Å². The molecule has 0 bridgehead atoms. The topological polar surface area (TPSA) is 43.6 Å². The van der Waals surface area contributed by atoms with Crippen LogP contribution in [0, 0.1) is 0 Å². The Hall–Kier alpha value is -7.43. The molecule has 11 rings (SSSR count). The van der Waals surface area contributed by atoms with E-state index in [0.717, 1.165) is 22.4 Å². The van der Waals surface area contributed by atoms with Gasteiger partial charge in [0.2, 0.25) is 0 Å². The highest BCUT2D eigenvalue weighted by molar-refractivity contribution is 6.13. The molecule has 1 aliphatic carbocycles. The van der Waals surface area contributed by atoms with Crippen LogP contribution in [-0.2, 0) is 0 Å². The van der Waals surface area contributed by atoms with Crippen molar-refractivity contribution in [1.82, 2.24) is 19.5 Å². The maximum Gasteiger partial charge on any atom is 0.164 e. The van der Waals surface area contributed by atoms with Crippen molar-refractivity contribution in [1.29, 1.82) is 0 Å². The molecular formula is C51H32N4. The first kappa shape index (κ1) is 31.1. The van der Waals surface area contributed by atoms with Crippen LogP contribution in [0.1, 0.15) is 0 Å². The monoisotopic (exact) mass is 700 g/mol. The van der Waals surface area contributed by atoms with Crippen molar-refractivity contribution in [3.8, 4) is 84.4 Å². The van der Waals surface area contributed by atoms with Gasteiger partial charge in [-0.25, -0.2) is 15.0 Å². The Balaban J connectivity index is 1.02. The Labute approximate surface area is 318 Å². The third-order valence-electron chi connectivity index (χ3n) is 10.8. The fourth-order valence-corrected chi connectivity index (χ4v) is 8.24. The maximum atomic E-state index is 5.10. The number of rotatable bonds is 6. The molecule has 0 fully saturated rings. The summed E-state index contributed by atoms with van der Waals surface area (Å²) < 4.78 is 2.38. The highest BCUT2D eigenvalue weighted by Gasteiger charge is 2.30. The minimum absolute atomic E-state index is 0.659. The van der Waals surface area contributed by atoms with E-state index < -0.39 is 0 Å². The number of benzene rings is 8. The van der Waals surface area contributed by atoms with Crippen molar-refractivity contribution >= 4 is 21.8 Å². The van der Waals surface area contributed by atoms with Gasteiger partial charge < -0.3 is 4.57 Å². The second-order valence-corrected chi connectivity index (χ2v) is 14.0. The van der Waals surface area contributed by atoms with Gasteiger partial charge in [-0.3, -0.25) is 0 Å². The molecule has 0 amide bonds. The molecule has 4 nitrogen and oxygen atoms in total. The van der Waals surface area contributed by atoms with E-state index in [2.05, 4.69) is 162 Å². The van der Waals surface area contributed by atoms with E-state index in [-0.39, 0.29) is 0 Å². The number of aromatic nitrogens is 4. The molecule has 0 unspecified atom stereocenters. The average molecular weight is 701 g/mol. The van der Waals surface area contributed by atoms with Gasteiger partial charge in [-0.1, -0.05) is 164 Å². The summed E-state index contributed by atoms with van der Waals surface area (Å²) in [6, 6.07) is 68.6. The summed E-state index contributed by atoms with van der Waals surface area (Å²) >= 11 is 0. The first-order chi connectivity index (χ1) is 27.3. The third kappa shape index (κ3) is 5.11. The lowest BCUT2D eigenvalue weighted by Crippen LogP contribution is -2.06. The molecular weight excluding hydrogens is 669 g/mol. The van der Waals surface area contributed by atoms with Crippen molar-refractivity contribution in [2.75, 3.05) is 0 Å². The lowest BCUT2D eigenvalue weighted by atomic mass is 9.74. The molecule has 8 aromatic carbocycles. The molecule has 0 atom stereocenters. The molecule has 1 aliphatic rings. The number of fused-ring (bicyclic) bond motifs is 7. The van der Waals surface area contributed by atoms with Gasteiger partial charge in [0.1, 0.15) is 0 Å². The lowest BCUT2D eigenvalue weighted by Gasteiger charge is -2.29. The van der Waals surface area contributed by atoms with Crippen molar-refractivity contribution in [3.05, 3.63) is 194 Å². The van der Waals surface area contributed by atoms with Crippen molar-refractivity contribution in [3.63, 3.8) is 0 Å². The fourth-order valence-electron chi connectivity index (χ4n) is 8.24. The summed E-state index contributed by atoms with van der Waals surface area (Å²) in [7, 11) is 0. The Bertz CT molecular complexity index is 3000. The summed E-state index contributed by atoms with van der Waals surface area (Å²) in [5.41, 5.74) is 16.1. The van der Waals surface area contributed by atoms with E-state index in [0.29, 0.717) is 17.5 Å². The first-order valence-corrected chi connectivity index (χ1v) is 18.6. The molecule has 0 spiro atoms. The van der Waals surface area contributed by atoms with Gasteiger partial charge in [-0.2, -0.15) is 0 Å². The minimum atomic E-state index is 0.659.